The Hall–Kier alpha value is -2.25. The first-order chi connectivity index (χ1) is 8.82. The predicted octanol–water partition coefficient (Wildman–Crippen LogP) is 0.402. The normalized spacial score (nSPS) is 14.3. The van der Waals surface area contributed by atoms with E-state index >= 15 is 0 Å². The quantitative estimate of drug-likeness (QED) is 0.576. The molecule has 1 aromatic rings. The van der Waals surface area contributed by atoms with Crippen LogP contribution in [0.15, 0.2) is 24.3 Å². The third-order valence-corrected chi connectivity index (χ3v) is 2.32. The highest BCUT2D eigenvalue weighted by Crippen LogP contribution is 2.21. The first-order valence-electron chi connectivity index (χ1n) is 5.12. The summed E-state index contributed by atoms with van der Waals surface area (Å²) in [7, 11) is 0. The van der Waals surface area contributed by atoms with Crippen LogP contribution < -0.4 is 0 Å². The zero-order valence-electron chi connectivity index (χ0n) is 9.52. The van der Waals surface area contributed by atoms with Gasteiger partial charge in [0.15, 0.2) is 6.10 Å². The molecule has 0 radical (unpaired) electrons. The number of aliphatic carboxylic acids is 2. The van der Waals surface area contributed by atoms with E-state index in [0.29, 0.717) is 6.08 Å². The van der Waals surface area contributed by atoms with E-state index in [1.807, 2.05) is 0 Å². The van der Waals surface area contributed by atoms with Crippen LogP contribution in [-0.4, -0.2) is 38.5 Å². The second-order valence-corrected chi connectivity index (χ2v) is 3.68. The molecule has 0 aromatic heterocycles. The molecule has 0 heterocycles. The van der Waals surface area contributed by atoms with Crippen molar-refractivity contribution in [3.05, 3.63) is 41.2 Å². The van der Waals surface area contributed by atoms with Crippen molar-refractivity contribution >= 4 is 18.0 Å². The third kappa shape index (κ3) is 3.87. The van der Waals surface area contributed by atoms with Gasteiger partial charge in [0.05, 0.1) is 0 Å². The summed E-state index contributed by atoms with van der Waals surface area (Å²) in [5, 5.41) is 35.7. The molecule has 1 rings (SSSR count). The molecule has 0 fully saturated rings. The first kappa shape index (κ1) is 14.8. The summed E-state index contributed by atoms with van der Waals surface area (Å²) in [5.41, 5.74) is -0.183. The maximum absolute atomic E-state index is 13.3. The second-order valence-electron chi connectivity index (χ2n) is 3.68. The van der Waals surface area contributed by atoms with Crippen LogP contribution in [0.1, 0.15) is 17.2 Å². The zero-order valence-corrected chi connectivity index (χ0v) is 9.52. The number of carboxylic acid groups (broad SMARTS) is 2. The molecule has 0 bridgehead atoms. The molecule has 0 saturated carbocycles. The van der Waals surface area contributed by atoms with Gasteiger partial charge in [-0.3, -0.25) is 0 Å². The van der Waals surface area contributed by atoms with E-state index in [0.717, 1.165) is 24.3 Å². The number of aliphatic hydroxyl groups is 2. The van der Waals surface area contributed by atoms with Crippen LogP contribution in [0.2, 0.25) is 0 Å². The number of carbonyl (C=O) groups is 2. The van der Waals surface area contributed by atoms with E-state index in [4.69, 9.17) is 10.2 Å². The van der Waals surface area contributed by atoms with Crippen molar-refractivity contribution < 1.29 is 34.4 Å². The molecule has 0 aliphatic heterocycles. The largest absolute Gasteiger partial charge is 0.479 e. The smallest absolute Gasteiger partial charge is 0.335 e. The summed E-state index contributed by atoms with van der Waals surface area (Å²) in [6.45, 7) is 0. The molecule has 0 spiro atoms. The Morgan fingerprint density at radius 2 is 1.84 bits per heavy atom. The number of hydrogen-bond acceptors (Lipinski definition) is 4. The van der Waals surface area contributed by atoms with Crippen LogP contribution in [0.3, 0.4) is 0 Å². The highest BCUT2D eigenvalue weighted by molar-refractivity contribution is 5.85. The standard InChI is InChI=1S/C12H11FO6/c13-8-3-1-7(10(16)11(17)12(18)19)5-6(8)2-4-9(14)15/h1-5,10-11,16-17H,(H,14,15)(H,18,19)/b4-2+. The molecule has 1 aromatic carbocycles. The lowest BCUT2D eigenvalue weighted by molar-refractivity contribution is -0.153. The van der Waals surface area contributed by atoms with E-state index in [1.54, 1.807) is 0 Å². The van der Waals surface area contributed by atoms with Crippen molar-refractivity contribution in [3.8, 4) is 0 Å². The van der Waals surface area contributed by atoms with Crippen LogP contribution in [0, 0.1) is 5.82 Å². The van der Waals surface area contributed by atoms with E-state index in [9.17, 15) is 24.2 Å². The molecule has 6 nitrogen and oxygen atoms in total. The second kappa shape index (κ2) is 6.07. The van der Waals surface area contributed by atoms with Crippen molar-refractivity contribution in [1.29, 1.82) is 0 Å². The summed E-state index contributed by atoms with van der Waals surface area (Å²) in [4.78, 5) is 20.8. The SMILES string of the molecule is O=C(O)/C=C/c1cc(C(O)C(O)C(=O)O)ccc1F. The number of benzene rings is 1. The Morgan fingerprint density at radius 3 is 2.37 bits per heavy atom. The Bertz CT molecular complexity index is 525. The number of carboxylic acids is 2. The number of hydrogen-bond donors (Lipinski definition) is 4. The van der Waals surface area contributed by atoms with Crippen molar-refractivity contribution in [2.45, 2.75) is 12.2 Å². The fraction of sp³-hybridized carbons (Fsp3) is 0.167. The van der Waals surface area contributed by atoms with Gasteiger partial charge in [0.25, 0.3) is 0 Å². The average molecular weight is 270 g/mol. The lowest BCUT2D eigenvalue weighted by atomic mass is 10.0. The fourth-order valence-corrected chi connectivity index (χ4v) is 1.35. The van der Waals surface area contributed by atoms with Gasteiger partial charge in [-0.15, -0.1) is 0 Å². The molecule has 2 unspecified atom stereocenters. The number of rotatable bonds is 5. The van der Waals surface area contributed by atoms with Crippen LogP contribution in [0.5, 0.6) is 0 Å². The minimum atomic E-state index is -2.05. The summed E-state index contributed by atoms with van der Waals surface area (Å²) >= 11 is 0. The Kier molecular flexibility index (Phi) is 4.74. The van der Waals surface area contributed by atoms with Gasteiger partial charge in [0, 0.05) is 11.6 Å². The molecule has 102 valence electrons. The van der Waals surface area contributed by atoms with Gasteiger partial charge in [-0.05, 0) is 23.8 Å². The molecule has 4 N–H and O–H groups in total. The van der Waals surface area contributed by atoms with Crippen LogP contribution in [0.4, 0.5) is 4.39 Å². The third-order valence-electron chi connectivity index (χ3n) is 2.32. The monoisotopic (exact) mass is 270 g/mol. The molecule has 0 amide bonds. The van der Waals surface area contributed by atoms with E-state index in [-0.39, 0.29) is 11.1 Å². The molecule has 0 aliphatic carbocycles. The van der Waals surface area contributed by atoms with Gasteiger partial charge in [0.2, 0.25) is 0 Å². The van der Waals surface area contributed by atoms with Gasteiger partial charge in [-0.2, -0.15) is 0 Å². The number of halogens is 1. The molecular weight excluding hydrogens is 259 g/mol. The molecule has 0 saturated heterocycles. The van der Waals surface area contributed by atoms with Crippen molar-refractivity contribution in [1.82, 2.24) is 0 Å². The van der Waals surface area contributed by atoms with Crippen molar-refractivity contribution in [2.24, 2.45) is 0 Å². The summed E-state index contributed by atoms with van der Waals surface area (Å²) in [5.74, 6) is -3.64. The van der Waals surface area contributed by atoms with Crippen LogP contribution in [-0.2, 0) is 9.59 Å². The lowest BCUT2D eigenvalue weighted by Gasteiger charge is -2.14. The maximum Gasteiger partial charge on any atom is 0.335 e. The van der Waals surface area contributed by atoms with Crippen molar-refractivity contribution in [3.63, 3.8) is 0 Å². The fourth-order valence-electron chi connectivity index (χ4n) is 1.35. The Morgan fingerprint density at radius 1 is 1.21 bits per heavy atom. The topological polar surface area (TPSA) is 115 Å². The van der Waals surface area contributed by atoms with Crippen LogP contribution in [0.25, 0.3) is 6.08 Å². The minimum absolute atomic E-state index is 0.0404. The molecular formula is C12H11FO6. The van der Waals surface area contributed by atoms with Gasteiger partial charge in [0.1, 0.15) is 11.9 Å². The average Bonchev–Trinajstić information content (AvgIpc) is 2.35. The van der Waals surface area contributed by atoms with E-state index in [1.165, 1.54) is 0 Å². The Labute approximate surface area is 107 Å². The van der Waals surface area contributed by atoms with Gasteiger partial charge in [-0.25, -0.2) is 14.0 Å². The highest BCUT2D eigenvalue weighted by Gasteiger charge is 2.25. The van der Waals surface area contributed by atoms with E-state index in [2.05, 4.69) is 0 Å². The summed E-state index contributed by atoms with van der Waals surface area (Å²) in [6, 6.07) is 3.10. The lowest BCUT2D eigenvalue weighted by Crippen LogP contribution is -2.27. The van der Waals surface area contributed by atoms with Crippen molar-refractivity contribution in [2.75, 3.05) is 0 Å². The van der Waals surface area contributed by atoms with Gasteiger partial charge < -0.3 is 20.4 Å². The van der Waals surface area contributed by atoms with Gasteiger partial charge in [-0.1, -0.05) is 6.07 Å². The summed E-state index contributed by atoms with van der Waals surface area (Å²) < 4.78 is 13.3. The first-order valence-corrected chi connectivity index (χ1v) is 5.12. The minimum Gasteiger partial charge on any atom is -0.479 e. The van der Waals surface area contributed by atoms with Crippen LogP contribution >= 0.6 is 0 Å². The zero-order chi connectivity index (χ0) is 14.6. The Balaban J connectivity index is 3.08. The summed E-state index contributed by atoms with van der Waals surface area (Å²) in [6.07, 6.45) is -2.14. The van der Waals surface area contributed by atoms with E-state index < -0.39 is 30.0 Å². The number of aliphatic hydroxyl groups excluding tert-OH is 2. The van der Waals surface area contributed by atoms with Gasteiger partial charge >= 0.3 is 11.9 Å². The molecule has 19 heavy (non-hydrogen) atoms. The maximum atomic E-state index is 13.3. The molecule has 0 aliphatic rings. The molecule has 7 heteroatoms. The highest BCUT2D eigenvalue weighted by atomic mass is 19.1. The predicted molar refractivity (Wildman–Crippen MR) is 61.7 cm³/mol. The molecule has 2 atom stereocenters.